The van der Waals surface area contributed by atoms with Crippen molar-refractivity contribution >= 4 is 86.5 Å². The van der Waals surface area contributed by atoms with Crippen molar-refractivity contribution in [1.82, 2.24) is 14.9 Å². The molecule has 2 aromatic rings. The monoisotopic (exact) mass is 536 g/mol. The van der Waals surface area contributed by atoms with Gasteiger partial charge in [0.2, 0.25) is 3.79 Å². The zero-order valence-electron chi connectivity index (χ0n) is 14.0. The Hall–Kier alpha value is 0.210. The van der Waals surface area contributed by atoms with Gasteiger partial charge in [-0.3, -0.25) is 0 Å². The Balaban J connectivity index is 0.00000312. The van der Waals surface area contributed by atoms with Crippen molar-refractivity contribution in [2.24, 2.45) is 0 Å². The van der Waals surface area contributed by atoms with Gasteiger partial charge < -0.3 is 10.2 Å². The molecule has 0 aliphatic carbocycles. The van der Waals surface area contributed by atoms with Crippen LogP contribution in [0.5, 0.6) is 0 Å². The van der Waals surface area contributed by atoms with Crippen molar-refractivity contribution in [3.05, 3.63) is 27.6 Å². The van der Waals surface area contributed by atoms with Crippen molar-refractivity contribution in [2.75, 3.05) is 31.5 Å². The molecule has 0 aliphatic heterocycles. The second kappa shape index (κ2) is 10.5. The van der Waals surface area contributed by atoms with Crippen LogP contribution in [0.1, 0.15) is 26.1 Å². The van der Waals surface area contributed by atoms with Crippen LogP contribution in [0.15, 0.2) is 18.2 Å². The van der Waals surface area contributed by atoms with Crippen molar-refractivity contribution < 1.29 is 0 Å². The summed E-state index contributed by atoms with van der Waals surface area (Å²) in [5.74, 6) is 0.895. The summed E-state index contributed by atoms with van der Waals surface area (Å²) in [6.07, 6.45) is 1.01. The zero-order valence-corrected chi connectivity index (χ0v) is 19.3. The molecule has 9 heteroatoms. The van der Waals surface area contributed by atoms with Gasteiger partial charge in [-0.2, -0.15) is 0 Å². The number of hydrogen-bond acceptors (Lipinski definition) is 4. The first-order valence-electron chi connectivity index (χ1n) is 7.85. The van der Waals surface area contributed by atoms with Crippen LogP contribution in [0.2, 0.25) is 0 Å². The molecular formula is C16H21Cl4IN4. The maximum absolute atomic E-state index is 5.97. The van der Waals surface area contributed by atoms with E-state index >= 15 is 0 Å². The quantitative estimate of drug-likeness (QED) is 0.282. The fraction of sp³-hybridized carbons (Fsp3) is 0.500. The Kier molecular flexibility index (Phi) is 9.78. The van der Waals surface area contributed by atoms with E-state index in [1.807, 2.05) is 18.2 Å². The molecule has 0 amide bonds. The molecule has 25 heavy (non-hydrogen) atoms. The Morgan fingerprint density at radius 3 is 2.44 bits per heavy atom. The van der Waals surface area contributed by atoms with E-state index in [1.165, 1.54) is 0 Å². The van der Waals surface area contributed by atoms with Gasteiger partial charge in [-0.25, -0.2) is 9.97 Å². The SMILES string of the molecule is CCN(CC)CCCNc1nc(C(Cl)(Cl)Cl)nc2ccc(I)cc12.Cl. The highest BCUT2D eigenvalue weighted by Crippen LogP contribution is 2.37. The average molecular weight is 538 g/mol. The predicted octanol–water partition coefficient (Wildman–Crippen LogP) is 5.63. The minimum absolute atomic E-state index is 0. The molecule has 1 aromatic carbocycles. The second-order valence-electron chi connectivity index (χ2n) is 5.36. The molecule has 0 bridgehead atoms. The number of anilines is 1. The highest BCUT2D eigenvalue weighted by atomic mass is 127. The number of nitrogens with one attached hydrogen (secondary N) is 1. The van der Waals surface area contributed by atoms with Crippen LogP contribution in [0.3, 0.4) is 0 Å². The third-order valence-electron chi connectivity index (χ3n) is 3.75. The van der Waals surface area contributed by atoms with E-state index in [0.717, 1.165) is 47.1 Å². The van der Waals surface area contributed by atoms with Crippen molar-refractivity contribution in [3.8, 4) is 0 Å². The highest BCUT2D eigenvalue weighted by Gasteiger charge is 2.28. The van der Waals surface area contributed by atoms with E-state index in [4.69, 9.17) is 34.8 Å². The topological polar surface area (TPSA) is 41.0 Å². The minimum Gasteiger partial charge on any atom is -0.369 e. The van der Waals surface area contributed by atoms with Crippen LogP contribution in [0.25, 0.3) is 10.9 Å². The number of fused-ring (bicyclic) bond motifs is 1. The number of benzene rings is 1. The molecule has 0 fully saturated rings. The van der Waals surface area contributed by atoms with E-state index in [2.05, 4.69) is 56.6 Å². The van der Waals surface area contributed by atoms with Crippen molar-refractivity contribution in [2.45, 2.75) is 24.1 Å². The predicted molar refractivity (Wildman–Crippen MR) is 120 cm³/mol. The largest absolute Gasteiger partial charge is 0.369 e. The number of halogens is 5. The molecule has 0 aliphatic rings. The van der Waals surface area contributed by atoms with Crippen LogP contribution in [0.4, 0.5) is 5.82 Å². The average Bonchev–Trinajstić information content (AvgIpc) is 2.54. The molecule has 1 N–H and O–H groups in total. The number of nitrogens with zero attached hydrogens (tertiary/aromatic N) is 3. The number of rotatable bonds is 7. The lowest BCUT2D eigenvalue weighted by atomic mass is 10.2. The summed E-state index contributed by atoms with van der Waals surface area (Å²) < 4.78 is -0.536. The van der Waals surface area contributed by atoms with E-state index in [1.54, 1.807) is 0 Å². The smallest absolute Gasteiger partial charge is 0.250 e. The van der Waals surface area contributed by atoms with Gasteiger partial charge in [-0.1, -0.05) is 48.7 Å². The van der Waals surface area contributed by atoms with Gasteiger partial charge >= 0.3 is 0 Å². The first-order valence-corrected chi connectivity index (χ1v) is 10.1. The van der Waals surface area contributed by atoms with Crippen molar-refractivity contribution in [1.29, 1.82) is 0 Å². The molecule has 1 aromatic heterocycles. The maximum atomic E-state index is 5.97. The van der Waals surface area contributed by atoms with Gasteiger partial charge in [0.05, 0.1) is 5.52 Å². The molecule has 2 rings (SSSR count). The molecule has 0 spiro atoms. The van der Waals surface area contributed by atoms with Crippen LogP contribution < -0.4 is 5.32 Å². The van der Waals surface area contributed by atoms with Gasteiger partial charge in [-0.15, -0.1) is 12.4 Å². The lowest BCUT2D eigenvalue weighted by Gasteiger charge is -2.18. The summed E-state index contributed by atoms with van der Waals surface area (Å²) in [5, 5.41) is 4.31. The van der Waals surface area contributed by atoms with Crippen LogP contribution in [0, 0.1) is 3.57 Å². The fourth-order valence-corrected chi connectivity index (χ4v) is 3.16. The summed E-state index contributed by atoms with van der Waals surface area (Å²) in [7, 11) is 0. The Morgan fingerprint density at radius 1 is 1.16 bits per heavy atom. The highest BCUT2D eigenvalue weighted by molar-refractivity contribution is 14.1. The lowest BCUT2D eigenvalue weighted by molar-refractivity contribution is 0.303. The third kappa shape index (κ3) is 6.70. The van der Waals surface area contributed by atoms with Gasteiger partial charge in [0, 0.05) is 15.5 Å². The Morgan fingerprint density at radius 2 is 1.84 bits per heavy atom. The van der Waals surface area contributed by atoms with Crippen molar-refractivity contribution in [3.63, 3.8) is 0 Å². The van der Waals surface area contributed by atoms with Crippen LogP contribution in [-0.4, -0.2) is 41.0 Å². The van der Waals surface area contributed by atoms with E-state index in [0.29, 0.717) is 5.82 Å². The normalized spacial score (nSPS) is 11.6. The summed E-state index contributed by atoms with van der Waals surface area (Å²) in [4.78, 5) is 11.2. The van der Waals surface area contributed by atoms with E-state index in [9.17, 15) is 0 Å². The van der Waals surface area contributed by atoms with Crippen LogP contribution in [-0.2, 0) is 3.79 Å². The molecule has 0 saturated carbocycles. The molecule has 0 radical (unpaired) electrons. The molecule has 140 valence electrons. The van der Waals surface area contributed by atoms with Gasteiger partial charge in [0.1, 0.15) is 5.82 Å². The van der Waals surface area contributed by atoms with Gasteiger partial charge in [0.25, 0.3) is 0 Å². The number of alkyl halides is 3. The first-order chi connectivity index (χ1) is 11.3. The summed E-state index contributed by atoms with van der Waals surface area (Å²) >= 11 is 20.2. The Bertz CT molecular complexity index is 690. The molecular weight excluding hydrogens is 517 g/mol. The standard InChI is InChI=1S/C16H20Cl3IN4.ClH/c1-3-24(4-2)9-5-8-21-14-12-10-11(20)6-7-13(12)22-15(23-14)16(17,18)19;/h6-7,10H,3-5,8-9H2,1-2H3,(H,21,22,23);1H. The molecule has 0 saturated heterocycles. The Labute approximate surface area is 183 Å². The molecule has 0 atom stereocenters. The lowest BCUT2D eigenvalue weighted by Crippen LogP contribution is -2.25. The minimum atomic E-state index is -1.64. The molecule has 1 heterocycles. The van der Waals surface area contributed by atoms with E-state index < -0.39 is 3.79 Å². The van der Waals surface area contributed by atoms with Gasteiger partial charge in [-0.05, 0) is 66.8 Å². The summed E-state index contributed by atoms with van der Waals surface area (Å²) in [6, 6.07) is 5.92. The summed E-state index contributed by atoms with van der Waals surface area (Å²) in [6.45, 7) is 8.30. The maximum Gasteiger partial charge on any atom is 0.250 e. The first kappa shape index (κ1) is 23.2. The summed E-state index contributed by atoms with van der Waals surface area (Å²) in [5.41, 5.74) is 0.762. The van der Waals surface area contributed by atoms with E-state index in [-0.39, 0.29) is 18.2 Å². The number of aromatic nitrogens is 2. The molecule has 4 nitrogen and oxygen atoms in total. The van der Waals surface area contributed by atoms with Crippen LogP contribution >= 0.6 is 69.8 Å². The second-order valence-corrected chi connectivity index (χ2v) is 8.89. The van der Waals surface area contributed by atoms with Gasteiger partial charge in [0.15, 0.2) is 5.82 Å². The third-order valence-corrected chi connectivity index (χ3v) is 4.93. The number of hydrogen-bond donors (Lipinski definition) is 1. The fourth-order valence-electron chi connectivity index (χ4n) is 2.41. The zero-order chi connectivity index (χ0) is 17.7. The molecule has 0 unspecified atom stereocenters.